The zero-order valence-electron chi connectivity index (χ0n) is 11.9. The Hall–Kier alpha value is -2.60. The minimum absolute atomic E-state index is 0.0539. The van der Waals surface area contributed by atoms with Gasteiger partial charge in [0.05, 0.1) is 10.4 Å². The Morgan fingerprint density at radius 2 is 1.68 bits per heavy atom. The first-order valence-corrected chi connectivity index (χ1v) is 8.08. The van der Waals surface area contributed by atoms with Crippen LogP contribution in [0.25, 0.3) is 10.9 Å². The molecule has 0 aliphatic rings. The molecule has 3 aromatic rings. The predicted octanol–water partition coefficient (Wildman–Crippen LogP) is 2.29. The second-order valence-electron chi connectivity index (χ2n) is 5.04. The van der Waals surface area contributed by atoms with Crippen LogP contribution in [0.4, 0.5) is 0 Å². The number of carbonyl (C=O) groups is 1. The molecular weight excluding hydrogens is 300 g/mol. The van der Waals surface area contributed by atoms with Gasteiger partial charge in [-0.1, -0.05) is 35.9 Å². The van der Waals surface area contributed by atoms with E-state index in [4.69, 9.17) is 5.73 Å². The molecule has 1 heterocycles. The number of primary amides is 1. The monoisotopic (exact) mass is 314 g/mol. The molecule has 6 heteroatoms. The number of hydrogen-bond donors (Lipinski definition) is 1. The Kier molecular flexibility index (Phi) is 3.26. The van der Waals surface area contributed by atoms with Crippen molar-refractivity contribution >= 4 is 26.8 Å². The average molecular weight is 314 g/mol. The zero-order chi connectivity index (χ0) is 15.9. The van der Waals surface area contributed by atoms with Gasteiger partial charge in [-0.05, 0) is 31.2 Å². The molecule has 2 aromatic carbocycles. The van der Waals surface area contributed by atoms with Crippen molar-refractivity contribution in [3.05, 3.63) is 65.9 Å². The van der Waals surface area contributed by atoms with Crippen LogP contribution in [0.15, 0.2) is 59.5 Å². The van der Waals surface area contributed by atoms with Gasteiger partial charge in [0.1, 0.15) is 5.69 Å². The van der Waals surface area contributed by atoms with Crippen LogP contribution in [-0.4, -0.2) is 18.3 Å². The quantitative estimate of drug-likeness (QED) is 0.805. The van der Waals surface area contributed by atoms with E-state index in [-0.39, 0.29) is 10.6 Å². The molecule has 1 amide bonds. The second kappa shape index (κ2) is 4.99. The van der Waals surface area contributed by atoms with E-state index in [1.54, 1.807) is 36.4 Å². The fourth-order valence-corrected chi connectivity index (χ4v) is 3.89. The van der Waals surface area contributed by atoms with Crippen molar-refractivity contribution in [2.24, 2.45) is 5.73 Å². The predicted molar refractivity (Wildman–Crippen MR) is 84.2 cm³/mol. The zero-order valence-corrected chi connectivity index (χ0v) is 12.7. The lowest BCUT2D eigenvalue weighted by Gasteiger charge is -2.10. The third kappa shape index (κ3) is 2.17. The third-order valence-electron chi connectivity index (χ3n) is 3.48. The Morgan fingerprint density at radius 1 is 1.05 bits per heavy atom. The number of aryl methyl sites for hydroxylation is 1. The number of carbonyl (C=O) groups excluding carboxylic acids is 1. The fourth-order valence-electron chi connectivity index (χ4n) is 2.38. The third-order valence-corrected chi connectivity index (χ3v) is 5.22. The van der Waals surface area contributed by atoms with Crippen molar-refractivity contribution in [2.45, 2.75) is 11.8 Å². The molecular formula is C16H14N2O3S. The Balaban J connectivity index is 2.35. The lowest BCUT2D eigenvalue weighted by Crippen LogP contribution is -2.22. The maximum Gasteiger partial charge on any atom is 0.268 e. The Morgan fingerprint density at radius 3 is 2.32 bits per heavy atom. The van der Waals surface area contributed by atoms with Crippen LogP contribution in [0.5, 0.6) is 0 Å². The number of hydrogen-bond acceptors (Lipinski definition) is 3. The molecule has 1 aromatic heterocycles. The first-order chi connectivity index (χ1) is 10.4. The number of para-hydroxylation sites is 1. The van der Waals surface area contributed by atoms with E-state index in [9.17, 15) is 13.2 Å². The van der Waals surface area contributed by atoms with Crippen molar-refractivity contribution in [3.63, 3.8) is 0 Å². The summed E-state index contributed by atoms with van der Waals surface area (Å²) in [6.45, 7) is 1.87. The van der Waals surface area contributed by atoms with Crippen LogP contribution in [0, 0.1) is 6.92 Å². The molecule has 22 heavy (non-hydrogen) atoms. The molecule has 0 spiro atoms. The molecule has 112 valence electrons. The molecule has 0 unspecified atom stereocenters. The highest BCUT2D eigenvalue weighted by atomic mass is 32.2. The number of benzene rings is 2. The molecule has 3 rings (SSSR count). The van der Waals surface area contributed by atoms with Gasteiger partial charge in [0.15, 0.2) is 0 Å². The molecule has 0 saturated heterocycles. The van der Waals surface area contributed by atoms with Gasteiger partial charge in [-0.25, -0.2) is 12.4 Å². The molecule has 0 fully saturated rings. The highest BCUT2D eigenvalue weighted by molar-refractivity contribution is 7.90. The van der Waals surface area contributed by atoms with Crippen LogP contribution in [0.1, 0.15) is 16.1 Å². The Labute approximate surface area is 128 Å². The van der Waals surface area contributed by atoms with Gasteiger partial charge in [-0.15, -0.1) is 0 Å². The van der Waals surface area contributed by atoms with Crippen LogP contribution in [0.2, 0.25) is 0 Å². The first kappa shape index (κ1) is 14.3. The van der Waals surface area contributed by atoms with Gasteiger partial charge in [-0.3, -0.25) is 4.79 Å². The van der Waals surface area contributed by atoms with E-state index in [2.05, 4.69) is 0 Å². The molecule has 0 aliphatic carbocycles. The highest BCUT2D eigenvalue weighted by Gasteiger charge is 2.25. The minimum atomic E-state index is -3.90. The summed E-state index contributed by atoms with van der Waals surface area (Å²) in [5.74, 6) is -0.785. The smallest absolute Gasteiger partial charge is 0.268 e. The molecule has 2 N–H and O–H groups in total. The van der Waals surface area contributed by atoms with Crippen molar-refractivity contribution in [1.82, 2.24) is 3.97 Å². The van der Waals surface area contributed by atoms with Crippen molar-refractivity contribution in [3.8, 4) is 0 Å². The van der Waals surface area contributed by atoms with E-state index in [0.29, 0.717) is 10.9 Å². The van der Waals surface area contributed by atoms with Gasteiger partial charge in [0.25, 0.3) is 15.9 Å². The van der Waals surface area contributed by atoms with E-state index in [1.807, 2.05) is 6.92 Å². The fraction of sp³-hybridized carbons (Fsp3) is 0.0625. The van der Waals surface area contributed by atoms with Crippen LogP contribution in [0.3, 0.4) is 0 Å². The van der Waals surface area contributed by atoms with Gasteiger partial charge >= 0.3 is 0 Å². The number of aromatic nitrogens is 1. The lowest BCUT2D eigenvalue weighted by molar-refractivity contribution is 0.0995. The van der Waals surface area contributed by atoms with Crippen molar-refractivity contribution in [2.75, 3.05) is 0 Å². The van der Waals surface area contributed by atoms with Crippen LogP contribution in [-0.2, 0) is 10.0 Å². The normalized spacial score (nSPS) is 11.7. The van der Waals surface area contributed by atoms with E-state index < -0.39 is 15.9 Å². The average Bonchev–Trinajstić information content (AvgIpc) is 2.88. The molecule has 0 saturated carbocycles. The van der Waals surface area contributed by atoms with Crippen molar-refractivity contribution < 1.29 is 13.2 Å². The molecule has 5 nitrogen and oxygen atoms in total. The molecule has 0 radical (unpaired) electrons. The molecule has 0 bridgehead atoms. The molecule has 0 atom stereocenters. The summed E-state index contributed by atoms with van der Waals surface area (Å²) in [4.78, 5) is 11.8. The summed E-state index contributed by atoms with van der Waals surface area (Å²) < 4.78 is 26.8. The van der Waals surface area contributed by atoms with Gasteiger partial charge < -0.3 is 5.73 Å². The van der Waals surface area contributed by atoms with E-state index >= 15 is 0 Å². The summed E-state index contributed by atoms with van der Waals surface area (Å²) in [5.41, 5.74) is 6.68. The van der Waals surface area contributed by atoms with Crippen LogP contribution >= 0.6 is 0 Å². The lowest BCUT2D eigenvalue weighted by atomic mass is 10.2. The number of nitrogens with two attached hydrogens (primary N) is 1. The van der Waals surface area contributed by atoms with Crippen molar-refractivity contribution in [1.29, 1.82) is 0 Å². The summed E-state index contributed by atoms with van der Waals surface area (Å²) in [5, 5.41) is 0.645. The maximum absolute atomic E-state index is 12.9. The van der Waals surface area contributed by atoms with Crippen LogP contribution < -0.4 is 5.73 Å². The summed E-state index contributed by atoms with van der Waals surface area (Å²) in [7, 11) is -3.90. The van der Waals surface area contributed by atoms with Gasteiger partial charge in [0, 0.05) is 5.39 Å². The summed E-state index contributed by atoms with van der Waals surface area (Å²) in [6, 6.07) is 14.8. The van der Waals surface area contributed by atoms with E-state index in [1.165, 1.54) is 18.2 Å². The SMILES string of the molecule is Cc1ccc(S(=O)(=O)n2c(C(N)=O)cc3ccccc32)cc1. The first-order valence-electron chi connectivity index (χ1n) is 6.64. The number of fused-ring (bicyclic) bond motifs is 1. The minimum Gasteiger partial charge on any atom is -0.364 e. The topological polar surface area (TPSA) is 82.2 Å². The maximum atomic E-state index is 12.9. The standard InChI is InChI=1S/C16H14N2O3S/c1-11-6-8-13(9-7-11)22(20,21)18-14-5-3-2-4-12(14)10-15(18)16(17)19/h2-10H,1H3,(H2,17,19). The van der Waals surface area contributed by atoms with Gasteiger partial charge in [0.2, 0.25) is 0 Å². The van der Waals surface area contributed by atoms with Gasteiger partial charge in [-0.2, -0.15) is 0 Å². The molecule has 0 aliphatic heterocycles. The number of rotatable bonds is 3. The second-order valence-corrected chi connectivity index (χ2v) is 6.82. The Bertz CT molecular complexity index is 970. The summed E-state index contributed by atoms with van der Waals surface area (Å²) in [6.07, 6.45) is 0. The highest BCUT2D eigenvalue weighted by Crippen LogP contribution is 2.25. The van der Waals surface area contributed by atoms with E-state index in [0.717, 1.165) is 9.54 Å². The summed E-state index contributed by atoms with van der Waals surface area (Å²) >= 11 is 0. The number of nitrogens with zero attached hydrogens (tertiary/aromatic N) is 1. The number of amides is 1. The largest absolute Gasteiger partial charge is 0.364 e.